The number of benzene rings is 2. The Bertz CT molecular complexity index is 1010. The van der Waals surface area contributed by atoms with Gasteiger partial charge >= 0.3 is 0 Å². The Morgan fingerprint density at radius 1 is 1.20 bits per heavy atom. The highest BCUT2D eigenvalue weighted by molar-refractivity contribution is 7.80. The normalized spacial score (nSPS) is 25.3. The van der Waals surface area contributed by atoms with Gasteiger partial charge in [-0.25, -0.2) is 0 Å². The van der Waals surface area contributed by atoms with Crippen molar-refractivity contribution in [1.82, 2.24) is 10.2 Å². The minimum atomic E-state index is -0.821. The van der Waals surface area contributed by atoms with Crippen molar-refractivity contribution in [2.45, 2.75) is 18.4 Å². The van der Waals surface area contributed by atoms with E-state index in [2.05, 4.69) is 10.2 Å². The molecule has 0 saturated carbocycles. The minimum Gasteiger partial charge on any atom is -0.494 e. The number of carbonyl (C=O) groups excluding carboxylic acids is 1. The maximum atomic E-state index is 13.8. The van der Waals surface area contributed by atoms with Crippen LogP contribution in [0.5, 0.6) is 17.2 Å². The van der Waals surface area contributed by atoms with E-state index in [1.54, 1.807) is 4.90 Å². The first-order valence-corrected chi connectivity index (χ1v) is 10.4. The second-order valence-corrected chi connectivity index (χ2v) is 8.22. The predicted octanol–water partition coefficient (Wildman–Crippen LogP) is 2.50. The van der Waals surface area contributed by atoms with Gasteiger partial charge in [-0.2, -0.15) is 0 Å². The van der Waals surface area contributed by atoms with E-state index in [1.807, 2.05) is 56.4 Å². The fourth-order valence-corrected chi connectivity index (χ4v) is 4.99. The number of hydrogen-bond acceptors (Lipinski definition) is 6. The first-order valence-electron chi connectivity index (χ1n) is 9.99. The zero-order chi connectivity index (χ0) is 20.9. The summed E-state index contributed by atoms with van der Waals surface area (Å²) in [5.74, 6) is 2.10. The van der Waals surface area contributed by atoms with Crippen LogP contribution in [-0.4, -0.2) is 55.0 Å². The van der Waals surface area contributed by atoms with Crippen LogP contribution in [0.3, 0.4) is 0 Å². The number of nitrogens with one attached hydrogen (secondary N) is 1. The van der Waals surface area contributed by atoms with Crippen molar-refractivity contribution in [1.29, 1.82) is 0 Å². The maximum absolute atomic E-state index is 13.8. The second kappa shape index (κ2) is 7.14. The summed E-state index contributed by atoms with van der Waals surface area (Å²) in [7, 11) is 2.02. The average Bonchev–Trinajstić information content (AvgIpc) is 3.39. The van der Waals surface area contributed by atoms with Gasteiger partial charge in [0.1, 0.15) is 11.3 Å². The van der Waals surface area contributed by atoms with Crippen molar-refractivity contribution in [3.8, 4) is 17.2 Å². The molecular weight excluding hydrogens is 402 g/mol. The van der Waals surface area contributed by atoms with Crippen LogP contribution in [-0.2, 0) is 4.79 Å². The molecule has 1 amide bonds. The highest BCUT2D eigenvalue weighted by atomic mass is 32.1. The standard InChI is InChI=1S/C22H23N3O4S/c1-3-27-16-7-5-15(6-8-16)25-20(26)22(23-21(25)30)12-24(2)11-17(22)14-4-9-18-19(10-14)29-13-28-18/h4-10,17H,3,11-13H2,1-2H3,(H,23,30)/t17-,22-/m0/s1. The third-order valence-electron chi connectivity index (χ3n) is 5.93. The SMILES string of the molecule is CCOc1ccc(N2C(=O)[C@@]3(CN(C)C[C@H]3c3ccc4c(c3)OCO4)NC2=S)cc1. The summed E-state index contributed by atoms with van der Waals surface area (Å²) in [6.07, 6.45) is 0. The molecule has 1 spiro atoms. The molecule has 2 fully saturated rings. The van der Waals surface area contributed by atoms with Gasteiger partial charge in [-0.05, 0) is 68.2 Å². The molecule has 0 unspecified atom stereocenters. The lowest BCUT2D eigenvalue weighted by molar-refractivity contribution is -0.122. The van der Waals surface area contributed by atoms with E-state index >= 15 is 0 Å². The van der Waals surface area contributed by atoms with Gasteiger partial charge in [-0.15, -0.1) is 0 Å². The Labute approximate surface area is 180 Å². The Hall–Kier alpha value is -2.84. The lowest BCUT2D eigenvalue weighted by Gasteiger charge is -2.28. The van der Waals surface area contributed by atoms with Crippen molar-refractivity contribution in [2.24, 2.45) is 0 Å². The molecular formula is C22H23N3O4S. The first kappa shape index (κ1) is 19.1. The molecule has 3 aliphatic rings. The number of thiocarbonyl (C=S) groups is 1. The monoisotopic (exact) mass is 425 g/mol. The molecule has 0 aliphatic carbocycles. The van der Waals surface area contributed by atoms with Crippen LogP contribution in [0.4, 0.5) is 5.69 Å². The lowest BCUT2D eigenvalue weighted by Crippen LogP contribution is -2.52. The van der Waals surface area contributed by atoms with Crippen molar-refractivity contribution in [2.75, 3.05) is 38.4 Å². The van der Waals surface area contributed by atoms with Gasteiger partial charge < -0.3 is 24.4 Å². The minimum absolute atomic E-state index is 0.0383. The average molecular weight is 426 g/mol. The lowest BCUT2D eigenvalue weighted by atomic mass is 9.81. The summed E-state index contributed by atoms with van der Waals surface area (Å²) in [6.45, 7) is 4.06. The number of amides is 1. The molecule has 8 heteroatoms. The second-order valence-electron chi connectivity index (χ2n) is 7.83. The fourth-order valence-electron chi connectivity index (χ4n) is 4.62. The fraction of sp³-hybridized carbons (Fsp3) is 0.364. The third-order valence-corrected chi connectivity index (χ3v) is 6.22. The summed E-state index contributed by atoms with van der Waals surface area (Å²) in [5, 5.41) is 3.80. The maximum Gasteiger partial charge on any atom is 0.261 e. The summed E-state index contributed by atoms with van der Waals surface area (Å²) in [6, 6.07) is 13.3. The molecule has 30 heavy (non-hydrogen) atoms. The summed E-state index contributed by atoms with van der Waals surface area (Å²) in [4.78, 5) is 17.5. The van der Waals surface area contributed by atoms with Crippen molar-refractivity contribution < 1.29 is 19.0 Å². The summed E-state index contributed by atoms with van der Waals surface area (Å²) in [5.41, 5.74) is 0.940. The molecule has 3 heterocycles. The molecule has 2 aromatic rings. The summed E-state index contributed by atoms with van der Waals surface area (Å²) >= 11 is 5.61. The van der Waals surface area contributed by atoms with Crippen LogP contribution in [0, 0.1) is 0 Å². The van der Waals surface area contributed by atoms with Gasteiger partial charge in [-0.3, -0.25) is 9.69 Å². The van der Waals surface area contributed by atoms with E-state index in [9.17, 15) is 4.79 Å². The Morgan fingerprint density at radius 3 is 2.73 bits per heavy atom. The highest BCUT2D eigenvalue weighted by Gasteiger charge is 2.59. The van der Waals surface area contributed by atoms with Gasteiger partial charge in [0.25, 0.3) is 5.91 Å². The largest absolute Gasteiger partial charge is 0.494 e. The van der Waals surface area contributed by atoms with Crippen molar-refractivity contribution >= 4 is 28.9 Å². The van der Waals surface area contributed by atoms with Crippen LogP contribution < -0.4 is 24.4 Å². The third kappa shape index (κ3) is 2.90. The molecule has 0 bridgehead atoms. The van der Waals surface area contributed by atoms with Gasteiger partial charge in [0.2, 0.25) is 6.79 Å². The molecule has 0 aromatic heterocycles. The molecule has 2 atom stereocenters. The van der Waals surface area contributed by atoms with E-state index < -0.39 is 5.54 Å². The molecule has 7 nitrogen and oxygen atoms in total. The quantitative estimate of drug-likeness (QED) is 0.755. The van der Waals surface area contributed by atoms with Gasteiger partial charge in [0, 0.05) is 19.0 Å². The molecule has 156 valence electrons. The van der Waals surface area contributed by atoms with Gasteiger partial charge in [-0.1, -0.05) is 6.07 Å². The zero-order valence-electron chi connectivity index (χ0n) is 16.9. The van der Waals surface area contributed by atoms with Crippen LogP contribution in [0.25, 0.3) is 0 Å². The van der Waals surface area contributed by atoms with E-state index in [1.165, 1.54) is 0 Å². The van der Waals surface area contributed by atoms with E-state index in [-0.39, 0.29) is 18.6 Å². The number of rotatable bonds is 4. The Morgan fingerprint density at radius 2 is 1.97 bits per heavy atom. The van der Waals surface area contributed by atoms with Gasteiger partial charge in [0.05, 0.1) is 12.3 Å². The highest BCUT2D eigenvalue weighted by Crippen LogP contribution is 2.44. The van der Waals surface area contributed by atoms with E-state index in [0.29, 0.717) is 24.0 Å². The van der Waals surface area contributed by atoms with Crippen LogP contribution in [0.15, 0.2) is 42.5 Å². The number of carbonyl (C=O) groups is 1. The topological polar surface area (TPSA) is 63.3 Å². The number of likely N-dealkylation sites (N-methyl/N-ethyl adjacent to an activating group) is 1. The number of ether oxygens (including phenoxy) is 3. The van der Waals surface area contributed by atoms with Crippen LogP contribution in [0.1, 0.15) is 18.4 Å². The number of anilines is 1. The van der Waals surface area contributed by atoms with E-state index in [4.69, 9.17) is 26.4 Å². The van der Waals surface area contributed by atoms with Crippen LogP contribution >= 0.6 is 12.2 Å². The van der Waals surface area contributed by atoms with Crippen LogP contribution in [0.2, 0.25) is 0 Å². The molecule has 0 radical (unpaired) electrons. The molecule has 1 N–H and O–H groups in total. The van der Waals surface area contributed by atoms with Crippen molar-refractivity contribution in [3.63, 3.8) is 0 Å². The predicted molar refractivity (Wildman–Crippen MR) is 116 cm³/mol. The number of likely N-dealkylation sites (tertiary alicyclic amines) is 1. The number of nitrogens with zero attached hydrogens (tertiary/aromatic N) is 2. The molecule has 2 saturated heterocycles. The molecule has 2 aromatic carbocycles. The Balaban J connectivity index is 1.49. The number of fused-ring (bicyclic) bond motifs is 1. The Kier molecular flexibility index (Phi) is 4.56. The van der Waals surface area contributed by atoms with Crippen molar-refractivity contribution in [3.05, 3.63) is 48.0 Å². The zero-order valence-corrected chi connectivity index (χ0v) is 17.7. The number of hydrogen-bond donors (Lipinski definition) is 1. The molecule has 5 rings (SSSR count). The summed E-state index contributed by atoms with van der Waals surface area (Å²) < 4.78 is 16.5. The smallest absolute Gasteiger partial charge is 0.261 e. The molecule has 3 aliphatic heterocycles. The first-order chi connectivity index (χ1) is 14.5. The van der Waals surface area contributed by atoms with Gasteiger partial charge in [0.15, 0.2) is 16.6 Å². The van der Waals surface area contributed by atoms with E-state index in [0.717, 1.165) is 29.3 Å².